The lowest BCUT2D eigenvalue weighted by atomic mass is 10.0. The molecule has 3 atom stereocenters. The lowest BCUT2D eigenvalue weighted by Gasteiger charge is -2.20. The molecule has 11 heteroatoms. The maximum atomic E-state index is 12.5. The number of aliphatic hydroxyl groups excluding tert-OH is 2. The zero-order chi connectivity index (χ0) is 37.0. The minimum absolute atomic E-state index is 0.168. The Hall–Kier alpha value is -1.55. The molecule has 10 nitrogen and oxygen atoms in total. The van der Waals surface area contributed by atoms with Crippen molar-refractivity contribution in [3.8, 4) is 0 Å². The van der Waals surface area contributed by atoms with Gasteiger partial charge < -0.3 is 24.6 Å². The van der Waals surface area contributed by atoms with Crippen LogP contribution in [0.1, 0.15) is 174 Å². The van der Waals surface area contributed by atoms with Crippen molar-refractivity contribution in [1.82, 2.24) is 0 Å². The second kappa shape index (κ2) is 35.8. The molecule has 0 heterocycles. The van der Waals surface area contributed by atoms with E-state index in [-0.39, 0.29) is 13.0 Å². The predicted molar refractivity (Wildman–Crippen MR) is 201 cm³/mol. The molecule has 0 aliphatic carbocycles. The molecule has 0 aromatic carbocycles. The number of hydrogen-bond donors (Lipinski definition) is 3. The number of hydrogen-bond acceptors (Lipinski definition) is 9. The van der Waals surface area contributed by atoms with Crippen LogP contribution in [0.2, 0.25) is 0 Å². The van der Waals surface area contributed by atoms with E-state index in [2.05, 4.69) is 18.4 Å². The summed E-state index contributed by atoms with van der Waals surface area (Å²) in [6, 6.07) is 0. The fourth-order valence-corrected chi connectivity index (χ4v) is 6.17. The molecule has 50 heavy (non-hydrogen) atoms. The number of rotatable bonds is 37. The minimum Gasteiger partial charge on any atom is -0.458 e. The molecule has 0 saturated heterocycles. The number of carbonyl (C=O) groups excluding carboxylic acids is 2. The van der Waals surface area contributed by atoms with Crippen molar-refractivity contribution >= 4 is 19.8 Å². The van der Waals surface area contributed by atoms with Crippen LogP contribution >= 0.6 is 7.82 Å². The van der Waals surface area contributed by atoms with Gasteiger partial charge in [0.2, 0.25) is 0 Å². The molecule has 0 radical (unpaired) electrons. The van der Waals surface area contributed by atoms with Crippen LogP contribution in [-0.4, -0.2) is 65.7 Å². The summed E-state index contributed by atoms with van der Waals surface area (Å²) in [6.07, 6.45) is 33.5. The Morgan fingerprint density at radius 1 is 0.640 bits per heavy atom. The van der Waals surface area contributed by atoms with Gasteiger partial charge in [-0.15, -0.1) is 0 Å². The average Bonchev–Trinajstić information content (AvgIpc) is 3.10. The summed E-state index contributed by atoms with van der Waals surface area (Å²) in [4.78, 5) is 34.7. The van der Waals surface area contributed by atoms with Crippen molar-refractivity contribution in [2.75, 3.05) is 26.4 Å². The van der Waals surface area contributed by atoms with Gasteiger partial charge in [-0.1, -0.05) is 167 Å². The number of aliphatic hydroxyl groups is 2. The molecule has 0 bridgehead atoms. The van der Waals surface area contributed by atoms with Gasteiger partial charge in [-0.3, -0.25) is 13.8 Å². The molecule has 0 amide bonds. The van der Waals surface area contributed by atoms with E-state index in [4.69, 9.17) is 19.1 Å². The molecule has 0 saturated carbocycles. The molecular formula is C39H73O10P. The minimum atomic E-state index is -4.63. The number of unbranched alkanes of at least 4 members (excludes halogenated alkanes) is 22. The molecule has 3 N–H and O–H groups in total. The van der Waals surface area contributed by atoms with Crippen LogP contribution in [0, 0.1) is 0 Å². The molecule has 0 fully saturated rings. The fraction of sp³-hybridized carbons (Fsp3) is 0.846. The summed E-state index contributed by atoms with van der Waals surface area (Å²) in [6.45, 7) is 2.24. The molecule has 0 aliphatic rings. The highest BCUT2D eigenvalue weighted by atomic mass is 31.2. The summed E-state index contributed by atoms with van der Waals surface area (Å²) in [5.41, 5.74) is 0. The summed E-state index contributed by atoms with van der Waals surface area (Å²) < 4.78 is 32.4. The van der Waals surface area contributed by atoms with E-state index < -0.39 is 51.8 Å². The molecule has 0 aliphatic heterocycles. The van der Waals surface area contributed by atoms with Crippen molar-refractivity contribution in [2.24, 2.45) is 0 Å². The van der Waals surface area contributed by atoms with Crippen LogP contribution in [-0.2, 0) is 32.7 Å². The highest BCUT2D eigenvalue weighted by Gasteiger charge is 2.27. The Balaban J connectivity index is 4.44. The van der Waals surface area contributed by atoms with Gasteiger partial charge in [-0.05, 0) is 19.3 Å². The Kier molecular flexibility index (Phi) is 34.7. The van der Waals surface area contributed by atoms with E-state index in [1.807, 2.05) is 6.08 Å². The van der Waals surface area contributed by atoms with Crippen LogP contribution in [0.25, 0.3) is 0 Å². The average molecular weight is 733 g/mol. The molecule has 294 valence electrons. The molecule has 0 rings (SSSR count). The van der Waals surface area contributed by atoms with Gasteiger partial charge in [0.15, 0.2) is 6.10 Å². The number of phosphoric acid groups is 1. The third kappa shape index (κ3) is 34.9. The zero-order valence-corrected chi connectivity index (χ0v) is 32.5. The monoisotopic (exact) mass is 732 g/mol. The van der Waals surface area contributed by atoms with Crippen molar-refractivity contribution < 1.29 is 47.8 Å². The highest BCUT2D eigenvalue weighted by molar-refractivity contribution is 7.47. The second-order valence-electron chi connectivity index (χ2n) is 13.4. The van der Waals surface area contributed by atoms with Crippen molar-refractivity contribution in [3.05, 3.63) is 24.3 Å². The second-order valence-corrected chi connectivity index (χ2v) is 14.8. The third-order valence-electron chi connectivity index (χ3n) is 8.46. The van der Waals surface area contributed by atoms with E-state index in [1.165, 1.54) is 122 Å². The van der Waals surface area contributed by atoms with Gasteiger partial charge in [0.1, 0.15) is 12.7 Å². The fourth-order valence-electron chi connectivity index (χ4n) is 5.38. The number of esters is 2. The first-order valence-corrected chi connectivity index (χ1v) is 21.3. The SMILES string of the molecule is CCCCCCCCCCCCC/C=C/C=C/C(=O)OC[C@H](COP(=O)(O)OC[C@@H](O)CO)OC(=O)CCCCCCCCCCCCCC. The summed E-state index contributed by atoms with van der Waals surface area (Å²) >= 11 is 0. The molecular weight excluding hydrogens is 659 g/mol. The Morgan fingerprint density at radius 3 is 1.60 bits per heavy atom. The zero-order valence-electron chi connectivity index (χ0n) is 31.6. The largest absolute Gasteiger partial charge is 0.472 e. The van der Waals surface area contributed by atoms with E-state index in [1.54, 1.807) is 12.2 Å². The van der Waals surface area contributed by atoms with E-state index >= 15 is 0 Å². The van der Waals surface area contributed by atoms with Crippen LogP contribution in [0.5, 0.6) is 0 Å². The summed E-state index contributed by atoms with van der Waals surface area (Å²) in [7, 11) is -4.63. The lowest BCUT2D eigenvalue weighted by Crippen LogP contribution is -2.29. The lowest BCUT2D eigenvalue weighted by molar-refractivity contribution is -0.159. The summed E-state index contributed by atoms with van der Waals surface area (Å²) in [5, 5.41) is 18.3. The van der Waals surface area contributed by atoms with Gasteiger partial charge in [0.25, 0.3) is 0 Å². The van der Waals surface area contributed by atoms with Gasteiger partial charge in [0, 0.05) is 12.5 Å². The number of allylic oxidation sites excluding steroid dienone is 3. The maximum Gasteiger partial charge on any atom is 0.472 e. The molecule has 0 aromatic heterocycles. The molecule has 1 unspecified atom stereocenters. The number of carbonyl (C=O) groups is 2. The Bertz CT molecular complexity index is 894. The van der Waals surface area contributed by atoms with Crippen LogP contribution < -0.4 is 0 Å². The van der Waals surface area contributed by atoms with Crippen molar-refractivity contribution in [1.29, 1.82) is 0 Å². The topological polar surface area (TPSA) is 149 Å². The first kappa shape index (κ1) is 48.5. The van der Waals surface area contributed by atoms with Crippen LogP contribution in [0.3, 0.4) is 0 Å². The standard InChI is InChI=1S/C39H73O10P/c1-3-5-7-9-11-13-15-17-18-19-21-22-24-26-28-30-38(42)46-34-37(35-48-50(44,45)47-33-36(41)32-40)49-39(43)31-29-27-25-23-20-16-14-12-10-8-6-4-2/h24,26,28,30,36-37,40-41H,3-23,25,27,29,31-35H2,1-2H3,(H,44,45)/b26-24+,30-28+/t36-,37+/m0/s1. The van der Waals surface area contributed by atoms with Gasteiger partial charge in [0.05, 0.1) is 19.8 Å². The van der Waals surface area contributed by atoms with E-state index in [9.17, 15) is 24.2 Å². The first-order valence-electron chi connectivity index (χ1n) is 19.8. The van der Waals surface area contributed by atoms with Gasteiger partial charge >= 0.3 is 19.8 Å². The van der Waals surface area contributed by atoms with Gasteiger partial charge in [-0.2, -0.15) is 0 Å². The van der Waals surface area contributed by atoms with Crippen LogP contribution in [0.15, 0.2) is 24.3 Å². The Morgan fingerprint density at radius 2 is 1.10 bits per heavy atom. The molecule has 0 spiro atoms. The molecule has 0 aromatic rings. The van der Waals surface area contributed by atoms with E-state index in [0.717, 1.165) is 32.1 Å². The predicted octanol–water partition coefficient (Wildman–Crippen LogP) is 9.83. The van der Waals surface area contributed by atoms with Crippen molar-refractivity contribution in [3.63, 3.8) is 0 Å². The maximum absolute atomic E-state index is 12.5. The Labute approximate surface area is 304 Å². The normalized spacial score (nSPS) is 14.3. The van der Waals surface area contributed by atoms with Gasteiger partial charge in [-0.25, -0.2) is 9.36 Å². The van der Waals surface area contributed by atoms with Crippen LogP contribution in [0.4, 0.5) is 0 Å². The summed E-state index contributed by atoms with van der Waals surface area (Å²) in [5.74, 6) is -1.17. The number of phosphoric ester groups is 1. The number of ether oxygens (including phenoxy) is 2. The van der Waals surface area contributed by atoms with E-state index in [0.29, 0.717) is 6.42 Å². The smallest absolute Gasteiger partial charge is 0.458 e. The third-order valence-corrected chi connectivity index (χ3v) is 9.41. The quantitative estimate of drug-likeness (QED) is 0.0185. The van der Waals surface area contributed by atoms with Crippen molar-refractivity contribution in [2.45, 2.75) is 187 Å². The highest BCUT2D eigenvalue weighted by Crippen LogP contribution is 2.43. The first-order chi connectivity index (χ1) is 24.2.